The van der Waals surface area contributed by atoms with Crippen molar-refractivity contribution in [2.24, 2.45) is 0 Å². The van der Waals surface area contributed by atoms with Gasteiger partial charge >= 0.3 is 0 Å². The fraction of sp³-hybridized carbons (Fsp3) is 0.333. The van der Waals surface area contributed by atoms with Crippen LogP contribution in [0.1, 0.15) is 27.8 Å². The van der Waals surface area contributed by atoms with Gasteiger partial charge in [-0.15, -0.1) is 0 Å². The number of hydrogen-bond donors (Lipinski definition) is 2. The zero-order valence-electron chi connectivity index (χ0n) is 36.9. The molecule has 2 N–H and O–H groups in total. The summed E-state index contributed by atoms with van der Waals surface area (Å²) in [4.78, 5) is 0. The standard InChI is InChI=1S/C54H58O12/c1-57-43-27-29-44(30-28-43)63-54-52(62-35-42-25-15-6-16-26-42)51(61-34-41-23-13-5-14-24-41)49(46(65-54)37-59-32-39-19-9-3-10-20-39)66-53-50(60-33-40-21-11-4-12-22-40)48(56)47(55)45(64-53)36-58-31-38-17-7-2-8-18-38/h2-30,45-56H,31-37H2,1H3/t45-,46-,47+,48+,49-,50-,51+,52-,53+,54-/m1/s1. The van der Waals surface area contributed by atoms with E-state index in [-0.39, 0.29) is 46.2 Å². The second-order valence-corrected chi connectivity index (χ2v) is 16.2. The van der Waals surface area contributed by atoms with Crippen LogP contribution in [0, 0.1) is 0 Å². The van der Waals surface area contributed by atoms with E-state index in [2.05, 4.69) is 0 Å². The lowest BCUT2D eigenvalue weighted by molar-refractivity contribution is -0.366. The molecule has 66 heavy (non-hydrogen) atoms. The Hall–Kier alpha value is -5.48. The summed E-state index contributed by atoms with van der Waals surface area (Å²) in [5.41, 5.74) is 4.62. The van der Waals surface area contributed by atoms with Crippen molar-refractivity contribution in [3.05, 3.63) is 204 Å². The van der Waals surface area contributed by atoms with Crippen LogP contribution in [0.25, 0.3) is 0 Å². The fourth-order valence-corrected chi connectivity index (χ4v) is 7.95. The van der Waals surface area contributed by atoms with E-state index < -0.39 is 61.4 Å². The number of methoxy groups -OCH3 is 1. The van der Waals surface area contributed by atoms with E-state index >= 15 is 0 Å². The molecule has 2 aliphatic heterocycles. The summed E-state index contributed by atoms with van der Waals surface area (Å²) in [6.45, 7) is 1.03. The summed E-state index contributed by atoms with van der Waals surface area (Å²) in [6.07, 6.45) is -10.9. The van der Waals surface area contributed by atoms with Crippen molar-refractivity contribution >= 4 is 0 Å². The second kappa shape index (κ2) is 24.3. The molecule has 2 aliphatic rings. The summed E-state index contributed by atoms with van der Waals surface area (Å²) >= 11 is 0. The lowest BCUT2D eigenvalue weighted by Gasteiger charge is -2.49. The smallest absolute Gasteiger partial charge is 0.229 e. The number of aliphatic hydroxyl groups is 2. The van der Waals surface area contributed by atoms with Crippen LogP contribution in [0.2, 0.25) is 0 Å². The molecule has 0 aromatic heterocycles. The van der Waals surface area contributed by atoms with Crippen LogP contribution in [0.4, 0.5) is 0 Å². The quantitative estimate of drug-likeness (QED) is 0.0689. The first-order chi connectivity index (χ1) is 32.5. The molecule has 12 heteroatoms. The Morgan fingerprint density at radius 2 is 0.788 bits per heavy atom. The molecule has 0 bridgehead atoms. The van der Waals surface area contributed by atoms with E-state index in [9.17, 15) is 10.2 Å². The molecule has 2 heterocycles. The van der Waals surface area contributed by atoms with Crippen LogP contribution in [0.3, 0.4) is 0 Å². The monoisotopic (exact) mass is 898 g/mol. The van der Waals surface area contributed by atoms with Crippen molar-refractivity contribution in [3.63, 3.8) is 0 Å². The van der Waals surface area contributed by atoms with Gasteiger partial charge in [0, 0.05) is 0 Å². The highest BCUT2D eigenvalue weighted by Crippen LogP contribution is 2.36. The van der Waals surface area contributed by atoms with E-state index in [0.29, 0.717) is 11.5 Å². The average Bonchev–Trinajstić information content (AvgIpc) is 3.37. The van der Waals surface area contributed by atoms with Crippen LogP contribution in [-0.2, 0) is 70.9 Å². The molecule has 0 amide bonds. The third-order valence-corrected chi connectivity index (χ3v) is 11.5. The van der Waals surface area contributed by atoms with Gasteiger partial charge in [-0.2, -0.15) is 0 Å². The minimum atomic E-state index is -1.44. The first kappa shape index (κ1) is 47.0. The number of rotatable bonds is 22. The molecule has 0 radical (unpaired) electrons. The highest BCUT2D eigenvalue weighted by molar-refractivity contribution is 5.31. The van der Waals surface area contributed by atoms with Crippen LogP contribution in [-0.4, -0.2) is 91.9 Å². The summed E-state index contributed by atoms with van der Waals surface area (Å²) in [5, 5.41) is 23.5. The maximum atomic E-state index is 11.9. The van der Waals surface area contributed by atoms with Crippen LogP contribution >= 0.6 is 0 Å². The predicted molar refractivity (Wildman–Crippen MR) is 245 cm³/mol. The first-order valence-corrected chi connectivity index (χ1v) is 22.3. The number of hydrogen-bond acceptors (Lipinski definition) is 12. The Bertz CT molecular complexity index is 2250. The Balaban J connectivity index is 1.15. The Morgan fingerprint density at radius 3 is 1.26 bits per heavy atom. The van der Waals surface area contributed by atoms with Gasteiger partial charge in [0.2, 0.25) is 6.29 Å². The van der Waals surface area contributed by atoms with E-state index in [0.717, 1.165) is 27.8 Å². The molecular formula is C54H58O12. The second-order valence-electron chi connectivity index (χ2n) is 16.2. The van der Waals surface area contributed by atoms with Crippen LogP contribution in [0.15, 0.2) is 176 Å². The summed E-state index contributed by atoms with van der Waals surface area (Å²) in [5.74, 6) is 1.18. The van der Waals surface area contributed by atoms with Crippen molar-refractivity contribution in [2.75, 3.05) is 20.3 Å². The van der Waals surface area contributed by atoms with Crippen molar-refractivity contribution < 1.29 is 57.6 Å². The molecule has 6 aromatic rings. The van der Waals surface area contributed by atoms with Crippen LogP contribution < -0.4 is 9.47 Å². The van der Waals surface area contributed by atoms with E-state index in [1.54, 1.807) is 19.2 Å². The molecule has 0 spiro atoms. The van der Waals surface area contributed by atoms with Crippen molar-refractivity contribution in [1.82, 2.24) is 0 Å². The average molecular weight is 899 g/mol. The van der Waals surface area contributed by atoms with Gasteiger partial charge in [-0.3, -0.25) is 0 Å². The summed E-state index contributed by atoms with van der Waals surface area (Å²) in [7, 11) is 1.61. The fourth-order valence-electron chi connectivity index (χ4n) is 7.95. The molecular weight excluding hydrogens is 841 g/mol. The minimum Gasteiger partial charge on any atom is -0.497 e. The van der Waals surface area contributed by atoms with E-state index in [1.165, 1.54) is 0 Å². The topological polar surface area (TPSA) is 133 Å². The molecule has 6 aromatic carbocycles. The molecule has 0 unspecified atom stereocenters. The zero-order valence-corrected chi connectivity index (χ0v) is 36.9. The minimum absolute atomic E-state index is 0.0374. The lowest BCUT2D eigenvalue weighted by atomic mass is 9.96. The van der Waals surface area contributed by atoms with Crippen molar-refractivity contribution in [1.29, 1.82) is 0 Å². The molecule has 0 saturated carbocycles. The van der Waals surface area contributed by atoms with Gasteiger partial charge < -0.3 is 57.6 Å². The molecule has 12 nitrogen and oxygen atoms in total. The highest BCUT2D eigenvalue weighted by Gasteiger charge is 2.54. The SMILES string of the molecule is COc1ccc(O[C@@H]2O[C@H](COCc3ccccc3)[C@@H](O[C@@H]3O[C@H](COCc4ccccc4)[C@H](O)[C@H](O)[C@H]3OCc3ccccc3)[C@H](OCc3ccccc3)[C@H]2OCc2ccccc2)cc1. The molecule has 2 fully saturated rings. The maximum absolute atomic E-state index is 11.9. The molecule has 10 atom stereocenters. The van der Waals surface area contributed by atoms with Gasteiger partial charge in [0.1, 0.15) is 60.3 Å². The normalized spacial score (nSPS) is 25.3. The number of aliphatic hydroxyl groups excluding tert-OH is 2. The van der Waals surface area contributed by atoms with Crippen molar-refractivity contribution in [2.45, 2.75) is 94.4 Å². The first-order valence-electron chi connectivity index (χ1n) is 22.3. The molecule has 8 rings (SSSR count). The van der Waals surface area contributed by atoms with Gasteiger partial charge in [-0.05, 0) is 52.1 Å². The number of benzene rings is 6. The summed E-state index contributed by atoms with van der Waals surface area (Å²) in [6, 6.07) is 56.0. The van der Waals surface area contributed by atoms with Gasteiger partial charge in [0.05, 0.1) is 53.4 Å². The highest BCUT2D eigenvalue weighted by atomic mass is 16.8. The largest absolute Gasteiger partial charge is 0.497 e. The Labute approximate surface area is 386 Å². The Kier molecular flexibility index (Phi) is 17.3. The Morgan fingerprint density at radius 1 is 0.394 bits per heavy atom. The predicted octanol–water partition coefficient (Wildman–Crippen LogP) is 7.82. The van der Waals surface area contributed by atoms with E-state index in [1.807, 2.05) is 164 Å². The zero-order chi connectivity index (χ0) is 45.3. The van der Waals surface area contributed by atoms with Gasteiger partial charge in [-0.1, -0.05) is 152 Å². The molecule has 0 aliphatic carbocycles. The lowest BCUT2D eigenvalue weighted by Crippen LogP contribution is -2.66. The van der Waals surface area contributed by atoms with Gasteiger partial charge in [0.25, 0.3) is 0 Å². The van der Waals surface area contributed by atoms with Gasteiger partial charge in [0.15, 0.2) is 6.29 Å². The number of ether oxygens (including phenoxy) is 10. The van der Waals surface area contributed by atoms with Gasteiger partial charge in [-0.25, -0.2) is 0 Å². The maximum Gasteiger partial charge on any atom is 0.229 e. The van der Waals surface area contributed by atoms with E-state index in [4.69, 9.17) is 47.4 Å². The third-order valence-electron chi connectivity index (χ3n) is 11.5. The molecule has 2 saturated heterocycles. The van der Waals surface area contributed by atoms with Crippen LogP contribution in [0.5, 0.6) is 11.5 Å². The molecule has 346 valence electrons. The third kappa shape index (κ3) is 13.1. The summed E-state index contributed by atoms with van der Waals surface area (Å²) < 4.78 is 65.5. The van der Waals surface area contributed by atoms with Crippen molar-refractivity contribution in [3.8, 4) is 11.5 Å².